The van der Waals surface area contributed by atoms with E-state index >= 15 is 0 Å². The van der Waals surface area contributed by atoms with Gasteiger partial charge in [-0.05, 0) is 35.7 Å². The second-order valence-electron chi connectivity index (χ2n) is 3.35. The fraction of sp³-hybridized carbons (Fsp3) is 0.0833. The summed E-state index contributed by atoms with van der Waals surface area (Å²) in [5.41, 5.74) is 0.694. The molecular formula is C12H11NO2S. The smallest absolute Gasteiger partial charge is 0.229 e. The normalized spacial score (nSPS) is 10.0. The molecule has 82 valence electrons. The Morgan fingerprint density at radius 3 is 2.62 bits per heavy atom. The number of aromatic hydroxyl groups is 1. The molecule has 0 radical (unpaired) electrons. The van der Waals surface area contributed by atoms with Crippen molar-refractivity contribution in [3.8, 4) is 5.75 Å². The summed E-state index contributed by atoms with van der Waals surface area (Å²) < 4.78 is 0. The molecule has 0 atom stereocenters. The molecule has 3 nitrogen and oxygen atoms in total. The maximum Gasteiger partial charge on any atom is 0.229 e. The Hall–Kier alpha value is -1.81. The van der Waals surface area contributed by atoms with Crippen LogP contribution in [0, 0.1) is 0 Å². The fourth-order valence-corrected chi connectivity index (χ4v) is 2.02. The third-order valence-electron chi connectivity index (χ3n) is 2.07. The van der Waals surface area contributed by atoms with Gasteiger partial charge in [0.1, 0.15) is 5.75 Å². The standard InChI is InChI=1S/C12H11NO2S/c14-10-5-3-9(4-6-10)13-12(15)8-11-2-1-7-16-11/h1-7,14H,8H2,(H,13,15). The third kappa shape index (κ3) is 2.84. The van der Waals surface area contributed by atoms with Crippen LogP contribution in [0.2, 0.25) is 0 Å². The van der Waals surface area contributed by atoms with E-state index in [0.717, 1.165) is 4.88 Å². The summed E-state index contributed by atoms with van der Waals surface area (Å²) in [6.07, 6.45) is 0.387. The van der Waals surface area contributed by atoms with E-state index < -0.39 is 0 Å². The Labute approximate surface area is 97.4 Å². The Balaban J connectivity index is 1.95. The largest absolute Gasteiger partial charge is 0.508 e. The van der Waals surface area contributed by atoms with Crippen molar-refractivity contribution in [3.05, 3.63) is 46.7 Å². The number of phenols is 1. The lowest BCUT2D eigenvalue weighted by Crippen LogP contribution is -2.13. The first-order valence-electron chi connectivity index (χ1n) is 4.85. The number of amides is 1. The highest BCUT2D eigenvalue weighted by atomic mass is 32.1. The summed E-state index contributed by atoms with van der Waals surface area (Å²) in [5, 5.41) is 13.8. The van der Waals surface area contributed by atoms with Crippen LogP contribution in [0.1, 0.15) is 4.88 Å². The average Bonchev–Trinajstić information content (AvgIpc) is 2.74. The minimum atomic E-state index is -0.0480. The van der Waals surface area contributed by atoms with Crippen LogP contribution >= 0.6 is 11.3 Å². The minimum Gasteiger partial charge on any atom is -0.508 e. The number of nitrogens with one attached hydrogen (secondary N) is 1. The summed E-state index contributed by atoms with van der Waals surface area (Å²) in [4.78, 5) is 12.6. The zero-order valence-corrected chi connectivity index (χ0v) is 9.33. The van der Waals surface area contributed by atoms with Crippen LogP contribution in [0.15, 0.2) is 41.8 Å². The van der Waals surface area contributed by atoms with Crippen molar-refractivity contribution in [1.29, 1.82) is 0 Å². The first kappa shape index (κ1) is 10.7. The molecule has 0 aliphatic heterocycles. The number of anilines is 1. The number of rotatable bonds is 3. The molecule has 2 N–H and O–H groups in total. The van der Waals surface area contributed by atoms with Gasteiger partial charge in [0.25, 0.3) is 0 Å². The van der Waals surface area contributed by atoms with E-state index in [1.807, 2.05) is 17.5 Å². The van der Waals surface area contributed by atoms with Gasteiger partial charge in [0.15, 0.2) is 0 Å². The SMILES string of the molecule is O=C(Cc1cccs1)Nc1ccc(O)cc1. The zero-order valence-electron chi connectivity index (χ0n) is 8.51. The van der Waals surface area contributed by atoms with Crippen molar-refractivity contribution in [2.24, 2.45) is 0 Å². The molecule has 1 amide bonds. The van der Waals surface area contributed by atoms with Gasteiger partial charge in [0, 0.05) is 10.6 Å². The van der Waals surface area contributed by atoms with Gasteiger partial charge in [0.05, 0.1) is 6.42 Å². The van der Waals surface area contributed by atoms with E-state index in [4.69, 9.17) is 5.11 Å². The zero-order chi connectivity index (χ0) is 11.4. The van der Waals surface area contributed by atoms with Gasteiger partial charge in [-0.15, -0.1) is 11.3 Å². The van der Waals surface area contributed by atoms with E-state index in [1.165, 1.54) is 0 Å². The van der Waals surface area contributed by atoms with E-state index in [1.54, 1.807) is 35.6 Å². The maximum absolute atomic E-state index is 11.6. The predicted octanol–water partition coefficient (Wildman–Crippen LogP) is 2.63. The van der Waals surface area contributed by atoms with Crippen LogP contribution in [0.5, 0.6) is 5.75 Å². The van der Waals surface area contributed by atoms with Crippen LogP contribution in [0.3, 0.4) is 0 Å². The van der Waals surface area contributed by atoms with Crippen molar-refractivity contribution in [2.45, 2.75) is 6.42 Å². The number of thiophene rings is 1. The van der Waals surface area contributed by atoms with Gasteiger partial charge >= 0.3 is 0 Å². The minimum absolute atomic E-state index is 0.0480. The van der Waals surface area contributed by atoms with Crippen LogP contribution in [0.4, 0.5) is 5.69 Å². The summed E-state index contributed by atoms with van der Waals surface area (Å²) in [7, 11) is 0. The highest BCUT2D eigenvalue weighted by molar-refractivity contribution is 7.10. The molecule has 0 spiro atoms. The number of hydrogen-bond donors (Lipinski definition) is 2. The molecule has 0 bridgehead atoms. The molecule has 0 saturated carbocycles. The lowest BCUT2D eigenvalue weighted by Gasteiger charge is -2.03. The Kier molecular flexibility index (Phi) is 3.22. The van der Waals surface area contributed by atoms with E-state index in [0.29, 0.717) is 12.1 Å². The van der Waals surface area contributed by atoms with Gasteiger partial charge in [-0.25, -0.2) is 0 Å². The van der Waals surface area contributed by atoms with Crippen molar-refractivity contribution in [1.82, 2.24) is 0 Å². The molecule has 16 heavy (non-hydrogen) atoms. The Morgan fingerprint density at radius 1 is 1.25 bits per heavy atom. The quantitative estimate of drug-likeness (QED) is 0.801. The molecule has 0 aliphatic rings. The molecule has 0 unspecified atom stereocenters. The van der Waals surface area contributed by atoms with Crippen molar-refractivity contribution in [2.75, 3.05) is 5.32 Å². The molecule has 1 aromatic carbocycles. The lowest BCUT2D eigenvalue weighted by molar-refractivity contribution is -0.115. The van der Waals surface area contributed by atoms with Crippen molar-refractivity contribution < 1.29 is 9.90 Å². The molecule has 0 fully saturated rings. The van der Waals surface area contributed by atoms with Crippen molar-refractivity contribution >= 4 is 22.9 Å². The Morgan fingerprint density at radius 2 is 2.00 bits per heavy atom. The average molecular weight is 233 g/mol. The van der Waals surface area contributed by atoms with E-state index in [-0.39, 0.29) is 11.7 Å². The molecular weight excluding hydrogens is 222 g/mol. The molecule has 4 heteroatoms. The van der Waals surface area contributed by atoms with Crippen LogP contribution in [0.25, 0.3) is 0 Å². The number of carbonyl (C=O) groups is 1. The van der Waals surface area contributed by atoms with Gasteiger partial charge in [-0.1, -0.05) is 6.07 Å². The Bertz CT molecular complexity index is 462. The second-order valence-corrected chi connectivity index (χ2v) is 4.38. The first-order valence-corrected chi connectivity index (χ1v) is 5.73. The van der Waals surface area contributed by atoms with Gasteiger partial charge in [0.2, 0.25) is 5.91 Å². The molecule has 0 saturated heterocycles. The monoisotopic (exact) mass is 233 g/mol. The molecule has 2 aromatic rings. The molecule has 1 heterocycles. The van der Waals surface area contributed by atoms with Crippen LogP contribution < -0.4 is 5.32 Å². The topological polar surface area (TPSA) is 49.3 Å². The molecule has 2 rings (SSSR count). The highest BCUT2D eigenvalue weighted by Crippen LogP contribution is 2.15. The lowest BCUT2D eigenvalue weighted by atomic mass is 10.3. The van der Waals surface area contributed by atoms with Crippen LogP contribution in [-0.4, -0.2) is 11.0 Å². The second kappa shape index (κ2) is 4.81. The van der Waals surface area contributed by atoms with Gasteiger partial charge in [-0.2, -0.15) is 0 Å². The van der Waals surface area contributed by atoms with Gasteiger partial charge < -0.3 is 10.4 Å². The molecule has 0 aliphatic carbocycles. The summed E-state index contributed by atoms with van der Waals surface area (Å²) in [6, 6.07) is 10.3. The van der Waals surface area contributed by atoms with Gasteiger partial charge in [-0.3, -0.25) is 4.79 Å². The van der Waals surface area contributed by atoms with Crippen LogP contribution in [-0.2, 0) is 11.2 Å². The third-order valence-corrected chi connectivity index (χ3v) is 2.94. The number of carbonyl (C=O) groups excluding carboxylic acids is 1. The summed E-state index contributed by atoms with van der Waals surface area (Å²) in [6.45, 7) is 0. The predicted molar refractivity (Wildman–Crippen MR) is 64.8 cm³/mol. The number of phenolic OH excluding ortho intramolecular Hbond substituents is 1. The molecule has 1 aromatic heterocycles. The fourth-order valence-electron chi connectivity index (χ4n) is 1.32. The van der Waals surface area contributed by atoms with E-state index in [9.17, 15) is 4.79 Å². The maximum atomic E-state index is 11.6. The number of hydrogen-bond acceptors (Lipinski definition) is 3. The summed E-state index contributed by atoms with van der Waals surface area (Å²) >= 11 is 1.56. The first-order chi connectivity index (χ1) is 7.74. The van der Waals surface area contributed by atoms with Crippen molar-refractivity contribution in [3.63, 3.8) is 0 Å². The number of benzene rings is 1. The highest BCUT2D eigenvalue weighted by Gasteiger charge is 2.04. The van der Waals surface area contributed by atoms with E-state index in [2.05, 4.69) is 5.32 Å². The summed E-state index contributed by atoms with van der Waals surface area (Å²) in [5.74, 6) is 0.143.